The first kappa shape index (κ1) is 15.0. The predicted molar refractivity (Wildman–Crippen MR) is 70.9 cm³/mol. The number of carbonyl (C=O) groups excluding carboxylic acids is 2. The molecule has 0 bridgehead atoms. The lowest BCUT2D eigenvalue weighted by molar-refractivity contribution is -0.149. The van der Waals surface area contributed by atoms with Gasteiger partial charge in [-0.05, 0) is 32.9 Å². The molecule has 1 N–H and O–H groups in total. The average Bonchev–Trinajstić information content (AvgIpc) is 2.36. The number of rotatable bonds is 5. The normalized spacial score (nSPS) is 10.7. The van der Waals surface area contributed by atoms with Gasteiger partial charge in [-0.2, -0.15) is 0 Å². The van der Waals surface area contributed by atoms with E-state index in [1.807, 2.05) is 19.1 Å². The van der Waals surface area contributed by atoms with Crippen molar-refractivity contribution in [1.82, 2.24) is 5.32 Å². The second kappa shape index (κ2) is 6.22. The van der Waals surface area contributed by atoms with Crippen molar-refractivity contribution in [3.63, 3.8) is 0 Å². The highest BCUT2D eigenvalue weighted by Crippen LogP contribution is 2.11. The Balaban J connectivity index is 2.48. The Kier molecular flexibility index (Phi) is 4.92. The van der Waals surface area contributed by atoms with Gasteiger partial charge in [-0.1, -0.05) is 17.7 Å². The number of hydrogen-bond donors (Lipinski definition) is 1. The number of hydrogen-bond acceptors (Lipinski definition) is 4. The Morgan fingerprint density at radius 1 is 1.21 bits per heavy atom. The number of amides is 1. The molecular weight excluding hydrogens is 246 g/mol. The summed E-state index contributed by atoms with van der Waals surface area (Å²) in [6.07, 6.45) is 0. The first-order valence-corrected chi connectivity index (χ1v) is 5.94. The van der Waals surface area contributed by atoms with Gasteiger partial charge in [0.1, 0.15) is 11.3 Å². The topological polar surface area (TPSA) is 64.6 Å². The molecule has 0 fully saturated rings. The second-order valence-corrected chi connectivity index (χ2v) is 4.77. The van der Waals surface area contributed by atoms with E-state index in [1.165, 1.54) is 7.11 Å². The van der Waals surface area contributed by atoms with E-state index in [9.17, 15) is 9.59 Å². The van der Waals surface area contributed by atoms with E-state index in [0.717, 1.165) is 5.56 Å². The van der Waals surface area contributed by atoms with Gasteiger partial charge in [-0.15, -0.1) is 0 Å². The zero-order valence-corrected chi connectivity index (χ0v) is 11.6. The van der Waals surface area contributed by atoms with Crippen molar-refractivity contribution in [2.24, 2.45) is 0 Å². The van der Waals surface area contributed by atoms with Gasteiger partial charge in [-0.25, -0.2) is 4.79 Å². The highest BCUT2D eigenvalue weighted by molar-refractivity contribution is 5.87. The number of esters is 1. The lowest BCUT2D eigenvalue weighted by atomic mass is 10.1. The van der Waals surface area contributed by atoms with Crippen LogP contribution in [0.1, 0.15) is 19.4 Å². The number of methoxy groups -OCH3 is 1. The predicted octanol–water partition coefficient (Wildman–Crippen LogP) is 1.44. The molecule has 0 aliphatic rings. The molecule has 0 aliphatic heterocycles. The molecule has 1 amide bonds. The summed E-state index contributed by atoms with van der Waals surface area (Å²) in [5, 5.41) is 2.55. The molecule has 5 heteroatoms. The largest absolute Gasteiger partial charge is 0.484 e. The van der Waals surface area contributed by atoms with Gasteiger partial charge in [0, 0.05) is 0 Å². The Labute approximate surface area is 112 Å². The summed E-state index contributed by atoms with van der Waals surface area (Å²) >= 11 is 0. The van der Waals surface area contributed by atoms with Crippen molar-refractivity contribution in [3.8, 4) is 5.75 Å². The summed E-state index contributed by atoms with van der Waals surface area (Å²) < 4.78 is 9.92. The van der Waals surface area contributed by atoms with Gasteiger partial charge in [0.2, 0.25) is 0 Å². The third-order valence-corrected chi connectivity index (χ3v) is 2.54. The Hall–Kier alpha value is -2.04. The van der Waals surface area contributed by atoms with Gasteiger partial charge < -0.3 is 14.8 Å². The van der Waals surface area contributed by atoms with E-state index in [2.05, 4.69) is 10.1 Å². The van der Waals surface area contributed by atoms with E-state index in [1.54, 1.807) is 26.0 Å². The maximum atomic E-state index is 11.7. The standard InChI is InChI=1S/C14H19NO4/c1-10-5-7-11(8-6-10)19-9-12(16)15-14(2,3)13(17)18-4/h5-8H,9H2,1-4H3,(H,15,16). The van der Waals surface area contributed by atoms with Crippen LogP contribution in [0.25, 0.3) is 0 Å². The average molecular weight is 265 g/mol. The molecule has 1 aromatic carbocycles. The lowest BCUT2D eigenvalue weighted by Gasteiger charge is -2.23. The number of ether oxygens (including phenoxy) is 2. The fraction of sp³-hybridized carbons (Fsp3) is 0.429. The van der Waals surface area contributed by atoms with Crippen LogP contribution in [-0.2, 0) is 14.3 Å². The van der Waals surface area contributed by atoms with E-state index in [4.69, 9.17) is 4.74 Å². The van der Waals surface area contributed by atoms with E-state index in [0.29, 0.717) is 5.75 Å². The van der Waals surface area contributed by atoms with Crippen molar-refractivity contribution >= 4 is 11.9 Å². The molecule has 0 aromatic heterocycles. The van der Waals surface area contributed by atoms with Crippen LogP contribution in [0.15, 0.2) is 24.3 Å². The van der Waals surface area contributed by atoms with Crippen molar-refractivity contribution in [2.45, 2.75) is 26.3 Å². The highest BCUT2D eigenvalue weighted by Gasteiger charge is 2.30. The van der Waals surface area contributed by atoms with Crippen LogP contribution >= 0.6 is 0 Å². The SMILES string of the molecule is COC(=O)C(C)(C)NC(=O)COc1ccc(C)cc1. The summed E-state index contributed by atoms with van der Waals surface area (Å²) in [5.41, 5.74) is 0.0475. The zero-order chi connectivity index (χ0) is 14.5. The second-order valence-electron chi connectivity index (χ2n) is 4.77. The lowest BCUT2D eigenvalue weighted by Crippen LogP contribution is -2.51. The van der Waals surface area contributed by atoms with Gasteiger partial charge >= 0.3 is 5.97 Å². The fourth-order valence-corrected chi connectivity index (χ4v) is 1.47. The maximum Gasteiger partial charge on any atom is 0.330 e. The zero-order valence-electron chi connectivity index (χ0n) is 11.6. The fourth-order valence-electron chi connectivity index (χ4n) is 1.47. The van der Waals surface area contributed by atoms with Crippen LogP contribution < -0.4 is 10.1 Å². The summed E-state index contributed by atoms with van der Waals surface area (Å²) in [6.45, 7) is 4.96. The minimum atomic E-state index is -1.07. The summed E-state index contributed by atoms with van der Waals surface area (Å²) in [7, 11) is 1.28. The molecule has 19 heavy (non-hydrogen) atoms. The number of carbonyl (C=O) groups is 2. The van der Waals surface area contributed by atoms with E-state index >= 15 is 0 Å². The molecule has 0 saturated heterocycles. The van der Waals surface area contributed by atoms with Crippen LogP contribution in [0, 0.1) is 6.92 Å². The minimum Gasteiger partial charge on any atom is -0.484 e. The Morgan fingerprint density at radius 3 is 2.32 bits per heavy atom. The molecular formula is C14H19NO4. The van der Waals surface area contributed by atoms with Crippen LogP contribution in [0.2, 0.25) is 0 Å². The van der Waals surface area contributed by atoms with Crippen molar-refractivity contribution < 1.29 is 19.1 Å². The van der Waals surface area contributed by atoms with Crippen LogP contribution in [0.5, 0.6) is 5.75 Å². The van der Waals surface area contributed by atoms with E-state index in [-0.39, 0.29) is 12.5 Å². The van der Waals surface area contributed by atoms with Crippen molar-refractivity contribution in [1.29, 1.82) is 0 Å². The third kappa shape index (κ3) is 4.62. The monoisotopic (exact) mass is 265 g/mol. The molecule has 0 saturated carbocycles. The van der Waals surface area contributed by atoms with Gasteiger partial charge in [0.15, 0.2) is 6.61 Å². The Morgan fingerprint density at radius 2 is 1.79 bits per heavy atom. The van der Waals surface area contributed by atoms with E-state index < -0.39 is 11.5 Å². The van der Waals surface area contributed by atoms with Crippen molar-refractivity contribution in [3.05, 3.63) is 29.8 Å². The van der Waals surface area contributed by atoms with Crippen LogP contribution in [0.3, 0.4) is 0 Å². The van der Waals surface area contributed by atoms with Gasteiger partial charge in [0.05, 0.1) is 7.11 Å². The number of aryl methyl sites for hydroxylation is 1. The number of benzene rings is 1. The molecule has 0 spiro atoms. The van der Waals surface area contributed by atoms with Crippen LogP contribution in [-0.4, -0.2) is 31.1 Å². The van der Waals surface area contributed by atoms with Crippen molar-refractivity contribution in [2.75, 3.05) is 13.7 Å². The molecule has 0 heterocycles. The first-order valence-electron chi connectivity index (χ1n) is 5.94. The highest BCUT2D eigenvalue weighted by atomic mass is 16.5. The summed E-state index contributed by atoms with van der Waals surface area (Å²) in [6, 6.07) is 7.36. The molecule has 0 atom stereocenters. The van der Waals surface area contributed by atoms with Gasteiger partial charge in [-0.3, -0.25) is 4.79 Å². The Bertz CT molecular complexity index is 451. The van der Waals surface area contributed by atoms with Crippen LogP contribution in [0.4, 0.5) is 0 Å². The molecule has 0 aliphatic carbocycles. The maximum absolute atomic E-state index is 11.7. The first-order chi connectivity index (χ1) is 8.85. The molecule has 1 rings (SSSR count). The summed E-state index contributed by atoms with van der Waals surface area (Å²) in [4.78, 5) is 23.1. The minimum absolute atomic E-state index is 0.149. The molecule has 0 radical (unpaired) electrons. The molecule has 1 aromatic rings. The van der Waals surface area contributed by atoms with Gasteiger partial charge in [0.25, 0.3) is 5.91 Å². The molecule has 104 valence electrons. The number of nitrogens with one attached hydrogen (secondary N) is 1. The third-order valence-electron chi connectivity index (χ3n) is 2.54. The molecule has 0 unspecified atom stereocenters. The quantitative estimate of drug-likeness (QED) is 0.818. The smallest absolute Gasteiger partial charge is 0.330 e. The summed E-state index contributed by atoms with van der Waals surface area (Å²) in [5.74, 6) is -0.274. The molecule has 5 nitrogen and oxygen atoms in total.